The Hall–Kier alpha value is -2.75. The van der Waals surface area contributed by atoms with Gasteiger partial charge in [-0.2, -0.15) is 0 Å². The third-order valence-corrected chi connectivity index (χ3v) is 5.87. The molecule has 0 aliphatic carbocycles. The molecule has 1 saturated heterocycles. The van der Waals surface area contributed by atoms with Crippen molar-refractivity contribution in [1.82, 2.24) is 14.9 Å². The van der Waals surface area contributed by atoms with Crippen LogP contribution in [0.5, 0.6) is 0 Å². The minimum atomic E-state index is 0.0960. The van der Waals surface area contributed by atoms with Gasteiger partial charge in [-0.3, -0.25) is 14.8 Å². The summed E-state index contributed by atoms with van der Waals surface area (Å²) in [6, 6.07) is 16.7. The fraction of sp³-hybridized carbons (Fsp3) is 0.375. The SMILES string of the molecule is CCCCC1CC(c2ccccc2)CCN1C(=O)c1cccc2nccnc12. The molecule has 4 heteroatoms. The molecule has 0 N–H and O–H groups in total. The number of nitrogens with zero attached hydrogens (tertiary/aromatic N) is 3. The van der Waals surface area contributed by atoms with Crippen LogP contribution in [0.2, 0.25) is 0 Å². The molecule has 2 heterocycles. The molecular weight excluding hydrogens is 346 g/mol. The standard InChI is InChI=1S/C24H27N3O/c1-2-3-10-20-17-19(18-8-5-4-6-9-18)13-16-27(20)24(28)21-11-7-12-22-23(21)26-15-14-25-22/h4-9,11-12,14-15,19-20H,2-3,10,13,16-17H2,1H3. The molecule has 1 aromatic heterocycles. The number of para-hydroxylation sites is 1. The number of benzene rings is 2. The Labute approximate surface area is 166 Å². The number of carbonyl (C=O) groups excluding carboxylic acids is 1. The Morgan fingerprint density at radius 1 is 1.07 bits per heavy atom. The van der Waals surface area contributed by atoms with Gasteiger partial charge in [-0.15, -0.1) is 0 Å². The second kappa shape index (κ2) is 8.51. The van der Waals surface area contributed by atoms with E-state index in [1.54, 1.807) is 12.4 Å². The Kier molecular flexibility index (Phi) is 5.65. The molecule has 0 radical (unpaired) electrons. The number of piperidine rings is 1. The van der Waals surface area contributed by atoms with Crippen LogP contribution in [0.3, 0.4) is 0 Å². The summed E-state index contributed by atoms with van der Waals surface area (Å²) in [6.45, 7) is 3.01. The van der Waals surface area contributed by atoms with Gasteiger partial charge in [0.05, 0.1) is 11.1 Å². The Morgan fingerprint density at radius 3 is 2.71 bits per heavy atom. The number of hydrogen-bond acceptors (Lipinski definition) is 3. The maximum absolute atomic E-state index is 13.5. The van der Waals surface area contributed by atoms with E-state index in [1.807, 2.05) is 18.2 Å². The van der Waals surface area contributed by atoms with Crippen LogP contribution in [0, 0.1) is 0 Å². The highest BCUT2D eigenvalue weighted by atomic mass is 16.2. The van der Waals surface area contributed by atoms with Gasteiger partial charge in [0.15, 0.2) is 0 Å². The first kappa shape index (κ1) is 18.6. The second-order valence-electron chi connectivity index (χ2n) is 7.66. The molecule has 144 valence electrons. The van der Waals surface area contributed by atoms with Crippen LogP contribution in [0.1, 0.15) is 60.9 Å². The summed E-state index contributed by atoms with van der Waals surface area (Å²) in [7, 11) is 0. The van der Waals surface area contributed by atoms with E-state index in [9.17, 15) is 4.79 Å². The fourth-order valence-electron chi connectivity index (χ4n) is 4.38. The highest BCUT2D eigenvalue weighted by Crippen LogP contribution is 2.34. The van der Waals surface area contributed by atoms with Crippen LogP contribution in [0.25, 0.3) is 11.0 Å². The third-order valence-electron chi connectivity index (χ3n) is 5.87. The van der Waals surface area contributed by atoms with Crippen molar-refractivity contribution in [2.45, 2.75) is 51.0 Å². The predicted octanol–water partition coefficient (Wildman–Crippen LogP) is 5.21. The number of hydrogen-bond donors (Lipinski definition) is 0. The maximum atomic E-state index is 13.5. The molecule has 1 aliphatic heterocycles. The number of likely N-dealkylation sites (tertiary alicyclic amines) is 1. The third kappa shape index (κ3) is 3.77. The van der Waals surface area contributed by atoms with Crippen LogP contribution in [-0.2, 0) is 0 Å². The van der Waals surface area contributed by atoms with Crippen molar-refractivity contribution < 1.29 is 4.79 Å². The van der Waals surface area contributed by atoms with Gasteiger partial charge in [0.2, 0.25) is 0 Å². The molecule has 1 amide bonds. The molecule has 4 rings (SSSR count). The monoisotopic (exact) mass is 373 g/mol. The van der Waals surface area contributed by atoms with E-state index >= 15 is 0 Å². The minimum absolute atomic E-state index is 0.0960. The van der Waals surface area contributed by atoms with Gasteiger partial charge >= 0.3 is 0 Å². The van der Waals surface area contributed by atoms with Gasteiger partial charge in [0, 0.05) is 25.0 Å². The summed E-state index contributed by atoms with van der Waals surface area (Å²) in [5, 5.41) is 0. The zero-order chi connectivity index (χ0) is 19.3. The predicted molar refractivity (Wildman–Crippen MR) is 112 cm³/mol. The van der Waals surface area contributed by atoms with Crippen molar-refractivity contribution >= 4 is 16.9 Å². The Morgan fingerprint density at radius 2 is 1.89 bits per heavy atom. The summed E-state index contributed by atoms with van der Waals surface area (Å²) < 4.78 is 0. The maximum Gasteiger partial charge on any atom is 0.256 e. The first-order chi connectivity index (χ1) is 13.8. The van der Waals surface area contributed by atoms with Crippen molar-refractivity contribution in [2.24, 2.45) is 0 Å². The topological polar surface area (TPSA) is 46.1 Å². The molecule has 0 spiro atoms. The molecule has 0 saturated carbocycles. The first-order valence-electron chi connectivity index (χ1n) is 10.3. The van der Waals surface area contributed by atoms with Gasteiger partial charge in [0.1, 0.15) is 5.52 Å². The average Bonchev–Trinajstić information content (AvgIpc) is 2.77. The largest absolute Gasteiger partial charge is 0.336 e. The summed E-state index contributed by atoms with van der Waals surface area (Å²) in [4.78, 5) is 24.4. The smallest absolute Gasteiger partial charge is 0.256 e. The molecule has 0 bridgehead atoms. The van der Waals surface area contributed by atoms with E-state index in [1.165, 1.54) is 5.56 Å². The molecular formula is C24H27N3O. The van der Waals surface area contributed by atoms with E-state index in [0.29, 0.717) is 17.0 Å². The number of aromatic nitrogens is 2. The summed E-state index contributed by atoms with van der Waals surface area (Å²) in [6.07, 6.45) is 8.73. The quantitative estimate of drug-likeness (QED) is 0.617. The zero-order valence-corrected chi connectivity index (χ0v) is 16.4. The lowest BCUT2D eigenvalue weighted by Crippen LogP contribution is -2.45. The molecule has 2 aromatic carbocycles. The molecule has 3 aromatic rings. The summed E-state index contributed by atoms with van der Waals surface area (Å²) in [5.74, 6) is 0.623. The first-order valence-corrected chi connectivity index (χ1v) is 10.3. The Balaban J connectivity index is 1.61. The number of unbranched alkanes of at least 4 members (excludes halogenated alkanes) is 1. The molecule has 2 atom stereocenters. The highest BCUT2D eigenvalue weighted by molar-refractivity contribution is 6.04. The van der Waals surface area contributed by atoms with Crippen LogP contribution in [0.15, 0.2) is 60.9 Å². The van der Waals surface area contributed by atoms with Crippen molar-refractivity contribution in [3.63, 3.8) is 0 Å². The molecule has 28 heavy (non-hydrogen) atoms. The number of rotatable bonds is 5. The average molecular weight is 374 g/mol. The Bertz CT molecular complexity index is 935. The van der Waals surface area contributed by atoms with E-state index < -0.39 is 0 Å². The number of amides is 1. The molecule has 2 unspecified atom stereocenters. The molecule has 4 nitrogen and oxygen atoms in total. The second-order valence-corrected chi connectivity index (χ2v) is 7.66. The van der Waals surface area contributed by atoms with Gasteiger partial charge < -0.3 is 4.90 Å². The van der Waals surface area contributed by atoms with Gasteiger partial charge in [0.25, 0.3) is 5.91 Å². The highest BCUT2D eigenvalue weighted by Gasteiger charge is 2.33. The lowest BCUT2D eigenvalue weighted by molar-refractivity contribution is 0.0577. The zero-order valence-electron chi connectivity index (χ0n) is 16.4. The van der Waals surface area contributed by atoms with Gasteiger partial charge in [-0.1, -0.05) is 56.2 Å². The molecule has 1 aliphatic rings. The van der Waals surface area contributed by atoms with Crippen molar-refractivity contribution in [2.75, 3.05) is 6.54 Å². The van der Waals surface area contributed by atoms with Crippen molar-refractivity contribution in [1.29, 1.82) is 0 Å². The number of fused-ring (bicyclic) bond motifs is 1. The lowest BCUT2D eigenvalue weighted by Gasteiger charge is -2.40. The fourth-order valence-corrected chi connectivity index (χ4v) is 4.38. The van der Waals surface area contributed by atoms with E-state index in [4.69, 9.17) is 0 Å². The molecule has 1 fully saturated rings. The van der Waals surface area contributed by atoms with Crippen molar-refractivity contribution in [3.05, 3.63) is 72.1 Å². The van der Waals surface area contributed by atoms with Crippen LogP contribution in [-0.4, -0.2) is 33.4 Å². The summed E-state index contributed by atoms with van der Waals surface area (Å²) in [5.41, 5.74) is 3.55. The number of carbonyl (C=O) groups is 1. The van der Waals surface area contributed by atoms with E-state index in [2.05, 4.69) is 52.1 Å². The van der Waals surface area contributed by atoms with Crippen LogP contribution in [0.4, 0.5) is 0 Å². The normalized spacial score (nSPS) is 19.7. The van der Waals surface area contributed by atoms with Gasteiger partial charge in [-0.05, 0) is 42.9 Å². The van der Waals surface area contributed by atoms with Gasteiger partial charge in [-0.25, -0.2) is 0 Å². The van der Waals surface area contributed by atoms with E-state index in [0.717, 1.165) is 44.2 Å². The van der Waals surface area contributed by atoms with E-state index in [-0.39, 0.29) is 11.9 Å². The van der Waals surface area contributed by atoms with Crippen LogP contribution < -0.4 is 0 Å². The lowest BCUT2D eigenvalue weighted by atomic mass is 9.83. The van der Waals surface area contributed by atoms with Crippen LogP contribution >= 0.6 is 0 Å². The minimum Gasteiger partial charge on any atom is -0.336 e. The summed E-state index contributed by atoms with van der Waals surface area (Å²) >= 11 is 0. The van der Waals surface area contributed by atoms with Crippen molar-refractivity contribution in [3.8, 4) is 0 Å².